The number of hydrogen-bond acceptors (Lipinski definition) is 5. The van der Waals surface area contributed by atoms with Crippen molar-refractivity contribution in [2.75, 3.05) is 6.61 Å². The van der Waals surface area contributed by atoms with E-state index in [1.807, 2.05) is 93.6 Å². The fourth-order valence-electron chi connectivity index (χ4n) is 5.19. The molecule has 2 aliphatic heterocycles. The van der Waals surface area contributed by atoms with Crippen molar-refractivity contribution in [2.24, 2.45) is 16.6 Å². The molecule has 2 heterocycles. The largest absolute Gasteiger partial charge is 0.493 e. The van der Waals surface area contributed by atoms with Crippen LogP contribution in [0.5, 0.6) is 5.75 Å². The molecule has 0 saturated heterocycles. The molecule has 2 amide bonds. The fourth-order valence-corrected chi connectivity index (χ4v) is 5.19. The van der Waals surface area contributed by atoms with Crippen LogP contribution in [0.25, 0.3) is 0 Å². The molecule has 0 bridgehead atoms. The smallest absolute Gasteiger partial charge is 0.251 e. The van der Waals surface area contributed by atoms with Crippen LogP contribution in [0.4, 0.5) is 0 Å². The first-order valence-electron chi connectivity index (χ1n) is 13.1. The van der Waals surface area contributed by atoms with Crippen LogP contribution in [0.15, 0.2) is 83.9 Å². The molecule has 2 aliphatic rings. The SMILES string of the molecule is CC(C)[C@]1(C)CC(=O)N(C(c2ccccc2)c2cccc(C(=O)N[C@@H]3CCOc4ccccc43)c2)C(N)=N1. The van der Waals surface area contributed by atoms with Crippen LogP contribution < -0.4 is 15.8 Å². The molecule has 7 nitrogen and oxygen atoms in total. The van der Waals surface area contributed by atoms with Crippen LogP contribution in [-0.2, 0) is 4.79 Å². The van der Waals surface area contributed by atoms with Crippen molar-refractivity contribution in [1.82, 2.24) is 10.2 Å². The zero-order chi connectivity index (χ0) is 26.9. The number of aliphatic imine (C=N–C) groups is 1. The van der Waals surface area contributed by atoms with E-state index in [0.717, 1.165) is 22.4 Å². The number of ether oxygens (including phenoxy) is 1. The predicted octanol–water partition coefficient (Wildman–Crippen LogP) is 4.99. The number of nitrogens with zero attached hydrogens (tertiary/aromatic N) is 2. The second kappa shape index (κ2) is 10.3. The van der Waals surface area contributed by atoms with Crippen molar-refractivity contribution in [1.29, 1.82) is 0 Å². The third-order valence-electron chi connectivity index (χ3n) is 7.74. The summed E-state index contributed by atoms with van der Waals surface area (Å²) < 4.78 is 5.75. The minimum atomic E-state index is -0.555. The Bertz CT molecular complexity index is 1370. The molecule has 0 spiro atoms. The van der Waals surface area contributed by atoms with Gasteiger partial charge in [0.2, 0.25) is 5.91 Å². The number of nitrogens with one attached hydrogen (secondary N) is 1. The highest BCUT2D eigenvalue weighted by Gasteiger charge is 2.41. The van der Waals surface area contributed by atoms with Crippen LogP contribution in [0.3, 0.4) is 0 Å². The minimum absolute atomic E-state index is 0.0868. The number of fused-ring (bicyclic) bond motifs is 1. The van der Waals surface area contributed by atoms with Crippen LogP contribution in [0.2, 0.25) is 0 Å². The second-order valence-electron chi connectivity index (χ2n) is 10.6. The molecular formula is C31H34N4O3. The first kappa shape index (κ1) is 25.5. The predicted molar refractivity (Wildman–Crippen MR) is 148 cm³/mol. The molecule has 0 aliphatic carbocycles. The molecule has 3 atom stereocenters. The summed E-state index contributed by atoms with van der Waals surface area (Å²) >= 11 is 0. The van der Waals surface area contributed by atoms with E-state index < -0.39 is 11.6 Å². The summed E-state index contributed by atoms with van der Waals surface area (Å²) in [5.41, 5.74) is 9.10. The highest BCUT2D eigenvalue weighted by atomic mass is 16.5. The lowest BCUT2D eigenvalue weighted by molar-refractivity contribution is -0.131. The van der Waals surface area contributed by atoms with Gasteiger partial charge in [-0.05, 0) is 42.2 Å². The van der Waals surface area contributed by atoms with Gasteiger partial charge < -0.3 is 15.8 Å². The van der Waals surface area contributed by atoms with Crippen LogP contribution in [0.1, 0.15) is 72.7 Å². The molecule has 38 heavy (non-hydrogen) atoms. The topological polar surface area (TPSA) is 97.0 Å². The molecule has 0 aromatic heterocycles. The number of carbonyl (C=O) groups is 2. The number of guanidine groups is 1. The van der Waals surface area contributed by atoms with Crippen molar-refractivity contribution in [2.45, 2.75) is 51.2 Å². The molecule has 3 aromatic rings. The van der Waals surface area contributed by atoms with Crippen LogP contribution >= 0.6 is 0 Å². The van der Waals surface area contributed by atoms with Gasteiger partial charge in [-0.15, -0.1) is 0 Å². The minimum Gasteiger partial charge on any atom is -0.493 e. The zero-order valence-electron chi connectivity index (χ0n) is 22.1. The highest BCUT2D eigenvalue weighted by molar-refractivity contribution is 6.00. The molecule has 0 fully saturated rings. The van der Waals surface area contributed by atoms with Gasteiger partial charge in [0.1, 0.15) is 5.75 Å². The van der Waals surface area contributed by atoms with Crippen molar-refractivity contribution >= 4 is 17.8 Å². The average Bonchev–Trinajstić information content (AvgIpc) is 2.91. The third-order valence-corrected chi connectivity index (χ3v) is 7.74. The molecule has 7 heteroatoms. The molecular weight excluding hydrogens is 476 g/mol. The molecule has 3 aromatic carbocycles. The summed E-state index contributed by atoms with van der Waals surface area (Å²) in [6.45, 7) is 6.61. The Kier molecular flexibility index (Phi) is 6.93. The summed E-state index contributed by atoms with van der Waals surface area (Å²) in [4.78, 5) is 33.4. The lowest BCUT2D eigenvalue weighted by atomic mass is 9.83. The maximum Gasteiger partial charge on any atom is 0.251 e. The van der Waals surface area contributed by atoms with E-state index >= 15 is 0 Å². The Morgan fingerprint density at radius 1 is 1.05 bits per heavy atom. The van der Waals surface area contributed by atoms with Crippen molar-refractivity contribution in [3.63, 3.8) is 0 Å². The van der Waals surface area contributed by atoms with Gasteiger partial charge in [-0.3, -0.25) is 14.5 Å². The number of amides is 2. The van der Waals surface area contributed by atoms with E-state index in [9.17, 15) is 9.59 Å². The summed E-state index contributed by atoms with van der Waals surface area (Å²) in [7, 11) is 0. The van der Waals surface area contributed by atoms with Gasteiger partial charge >= 0.3 is 0 Å². The second-order valence-corrected chi connectivity index (χ2v) is 10.6. The first-order valence-corrected chi connectivity index (χ1v) is 13.1. The van der Waals surface area contributed by atoms with Crippen molar-refractivity contribution in [3.8, 4) is 5.75 Å². The summed E-state index contributed by atoms with van der Waals surface area (Å²) in [6, 6.07) is 24.3. The van der Waals surface area contributed by atoms with Crippen molar-refractivity contribution in [3.05, 3.63) is 101 Å². The first-order chi connectivity index (χ1) is 18.3. The number of nitrogens with two attached hydrogens (primary N) is 1. The van der Waals surface area contributed by atoms with E-state index in [0.29, 0.717) is 18.6 Å². The highest BCUT2D eigenvalue weighted by Crippen LogP contribution is 2.37. The fraction of sp³-hybridized carbons (Fsp3) is 0.323. The summed E-state index contributed by atoms with van der Waals surface area (Å²) in [6.07, 6.45) is 0.955. The molecule has 0 radical (unpaired) electrons. The van der Waals surface area contributed by atoms with E-state index in [1.54, 1.807) is 11.0 Å². The van der Waals surface area contributed by atoms with Crippen LogP contribution in [-0.4, -0.2) is 34.8 Å². The number of para-hydroxylation sites is 1. The van der Waals surface area contributed by atoms with Crippen molar-refractivity contribution < 1.29 is 14.3 Å². The lowest BCUT2D eigenvalue weighted by Gasteiger charge is -2.41. The lowest BCUT2D eigenvalue weighted by Crippen LogP contribution is -2.53. The van der Waals surface area contributed by atoms with Gasteiger partial charge in [-0.25, -0.2) is 4.99 Å². The monoisotopic (exact) mass is 510 g/mol. The van der Waals surface area contributed by atoms with Crippen LogP contribution in [0, 0.1) is 5.92 Å². The number of hydrogen-bond donors (Lipinski definition) is 2. The van der Waals surface area contributed by atoms with Gasteiger partial charge in [0.25, 0.3) is 5.91 Å². The zero-order valence-corrected chi connectivity index (χ0v) is 22.1. The van der Waals surface area contributed by atoms with E-state index in [2.05, 4.69) is 5.32 Å². The molecule has 0 saturated carbocycles. The van der Waals surface area contributed by atoms with E-state index in [4.69, 9.17) is 15.5 Å². The standard InChI is InChI=1S/C31H34N4O3/c1-20(2)31(3)19-27(36)35(30(32)34-31)28(21-10-5-4-6-11-21)22-12-9-13-23(18-22)29(37)33-25-16-17-38-26-15-8-7-14-24(25)26/h4-15,18,20,25,28H,16-17,19H2,1-3H3,(H2,32,34)(H,33,37)/t25-,28?,31+/m1/s1. The Hall–Kier alpha value is -4.13. The van der Waals surface area contributed by atoms with E-state index in [1.165, 1.54) is 0 Å². The molecule has 3 N–H and O–H groups in total. The Morgan fingerprint density at radius 3 is 2.50 bits per heavy atom. The summed E-state index contributed by atoms with van der Waals surface area (Å²) in [5, 5.41) is 3.17. The maximum atomic E-state index is 13.6. The summed E-state index contributed by atoms with van der Waals surface area (Å²) in [5.74, 6) is 0.883. The average molecular weight is 511 g/mol. The Labute approximate surface area is 223 Å². The molecule has 196 valence electrons. The van der Waals surface area contributed by atoms with E-state index in [-0.39, 0.29) is 36.2 Å². The van der Waals surface area contributed by atoms with Gasteiger partial charge in [-0.2, -0.15) is 0 Å². The van der Waals surface area contributed by atoms with Gasteiger partial charge in [0, 0.05) is 17.5 Å². The van der Waals surface area contributed by atoms with Gasteiger partial charge in [-0.1, -0.05) is 74.5 Å². The third kappa shape index (κ3) is 4.88. The van der Waals surface area contributed by atoms with Gasteiger partial charge in [0.05, 0.1) is 30.7 Å². The Balaban J connectivity index is 1.49. The van der Waals surface area contributed by atoms with Gasteiger partial charge in [0.15, 0.2) is 5.96 Å². The molecule has 5 rings (SSSR count). The number of benzene rings is 3. The molecule has 1 unspecified atom stereocenters. The number of carbonyl (C=O) groups excluding carboxylic acids is 2. The number of rotatable bonds is 6. The Morgan fingerprint density at radius 2 is 1.76 bits per heavy atom. The normalized spacial score (nSPS) is 21.8. The quantitative estimate of drug-likeness (QED) is 0.488. The maximum absolute atomic E-state index is 13.6.